The van der Waals surface area contributed by atoms with Gasteiger partial charge in [0, 0.05) is 6.42 Å². The molecule has 0 unspecified atom stereocenters. The Kier molecular flexibility index (Phi) is 4.21. The van der Waals surface area contributed by atoms with Crippen molar-refractivity contribution in [2.75, 3.05) is 6.61 Å². The lowest BCUT2D eigenvalue weighted by Crippen LogP contribution is -2.50. The molecule has 0 amide bonds. The third kappa shape index (κ3) is 4.13. The van der Waals surface area contributed by atoms with Gasteiger partial charge in [0.15, 0.2) is 6.29 Å². The van der Waals surface area contributed by atoms with E-state index in [4.69, 9.17) is 19.6 Å². The Labute approximate surface area is 85.3 Å². The molecular weight excluding hydrogens is 231 g/mol. The number of phosphoric acid groups is 1. The summed E-state index contributed by atoms with van der Waals surface area (Å²) in [7, 11) is -4.65. The summed E-state index contributed by atoms with van der Waals surface area (Å²) in [6, 6.07) is 0. The predicted octanol–water partition coefficient (Wildman–Crippen LogP) is -2.08. The molecule has 1 fully saturated rings. The Balaban J connectivity index is 2.49. The Bertz CT molecular complexity index is 252. The van der Waals surface area contributed by atoms with E-state index in [9.17, 15) is 14.8 Å². The number of hydrogen-bond donors (Lipinski definition) is 5. The van der Waals surface area contributed by atoms with Crippen molar-refractivity contribution >= 4 is 7.82 Å². The van der Waals surface area contributed by atoms with E-state index in [0.717, 1.165) is 0 Å². The van der Waals surface area contributed by atoms with Crippen molar-refractivity contribution in [1.29, 1.82) is 0 Å². The molecule has 0 bridgehead atoms. The molecule has 0 aromatic carbocycles. The Morgan fingerprint density at radius 1 is 1.33 bits per heavy atom. The summed E-state index contributed by atoms with van der Waals surface area (Å²) in [5, 5.41) is 27.6. The SMILES string of the molecule is O=P(O)(O)OC[C@H]1O[C@H](O)C[C@H](O)[C@@H]1O. The molecule has 5 N–H and O–H groups in total. The van der Waals surface area contributed by atoms with E-state index in [1.807, 2.05) is 0 Å². The van der Waals surface area contributed by atoms with Crippen LogP contribution in [0.2, 0.25) is 0 Å². The van der Waals surface area contributed by atoms with Crippen molar-refractivity contribution in [3.63, 3.8) is 0 Å². The second-order valence-electron chi connectivity index (χ2n) is 3.21. The minimum absolute atomic E-state index is 0.159. The maximum Gasteiger partial charge on any atom is 0.469 e. The molecule has 8 nitrogen and oxygen atoms in total. The normalized spacial score (nSPS) is 37.9. The molecule has 15 heavy (non-hydrogen) atoms. The second kappa shape index (κ2) is 4.86. The van der Waals surface area contributed by atoms with E-state index in [-0.39, 0.29) is 6.42 Å². The molecule has 0 aliphatic carbocycles. The number of aliphatic hydroxyl groups is 3. The fraction of sp³-hybridized carbons (Fsp3) is 1.00. The number of phosphoric ester groups is 1. The Morgan fingerprint density at radius 2 is 1.93 bits per heavy atom. The van der Waals surface area contributed by atoms with E-state index in [1.54, 1.807) is 0 Å². The van der Waals surface area contributed by atoms with Gasteiger partial charge in [-0.25, -0.2) is 4.57 Å². The van der Waals surface area contributed by atoms with Crippen LogP contribution in [0.25, 0.3) is 0 Å². The zero-order valence-corrected chi connectivity index (χ0v) is 8.53. The van der Waals surface area contributed by atoms with Gasteiger partial charge in [0.25, 0.3) is 0 Å². The smallest absolute Gasteiger partial charge is 0.390 e. The molecule has 4 atom stereocenters. The molecule has 1 rings (SSSR count). The van der Waals surface area contributed by atoms with Crippen molar-refractivity contribution in [2.24, 2.45) is 0 Å². The minimum atomic E-state index is -4.65. The van der Waals surface area contributed by atoms with Crippen LogP contribution < -0.4 is 0 Å². The van der Waals surface area contributed by atoms with Crippen LogP contribution in [-0.4, -0.2) is 56.3 Å². The monoisotopic (exact) mass is 244 g/mol. The Hall–Kier alpha value is -0.0500. The molecule has 0 aromatic heterocycles. The lowest BCUT2D eigenvalue weighted by atomic mass is 10.0. The molecule has 1 saturated heterocycles. The largest absolute Gasteiger partial charge is 0.469 e. The summed E-state index contributed by atoms with van der Waals surface area (Å²) >= 11 is 0. The summed E-state index contributed by atoms with van der Waals surface area (Å²) in [6.45, 7) is -0.612. The van der Waals surface area contributed by atoms with Crippen molar-refractivity contribution in [3.05, 3.63) is 0 Å². The second-order valence-corrected chi connectivity index (χ2v) is 4.45. The van der Waals surface area contributed by atoms with Gasteiger partial charge < -0.3 is 29.8 Å². The first-order valence-electron chi connectivity index (χ1n) is 4.19. The van der Waals surface area contributed by atoms with Crippen LogP contribution in [0.4, 0.5) is 0 Å². The van der Waals surface area contributed by atoms with Crippen LogP contribution in [0.3, 0.4) is 0 Å². The predicted molar refractivity (Wildman–Crippen MR) is 45.5 cm³/mol. The van der Waals surface area contributed by atoms with E-state index in [2.05, 4.69) is 4.52 Å². The van der Waals surface area contributed by atoms with Crippen LogP contribution >= 0.6 is 7.82 Å². The van der Waals surface area contributed by atoms with Crippen molar-refractivity contribution in [3.8, 4) is 0 Å². The van der Waals surface area contributed by atoms with E-state index in [1.165, 1.54) is 0 Å². The first-order valence-corrected chi connectivity index (χ1v) is 5.72. The summed E-state index contributed by atoms with van der Waals surface area (Å²) in [6.07, 6.45) is -5.17. The number of hydrogen-bond acceptors (Lipinski definition) is 6. The number of rotatable bonds is 3. The van der Waals surface area contributed by atoms with Gasteiger partial charge in [-0.3, -0.25) is 4.52 Å². The molecular formula is C6H13O8P. The highest BCUT2D eigenvalue weighted by atomic mass is 31.2. The molecule has 90 valence electrons. The van der Waals surface area contributed by atoms with Crippen LogP contribution in [0.15, 0.2) is 0 Å². The molecule has 9 heteroatoms. The zero-order chi connectivity index (χ0) is 11.6. The van der Waals surface area contributed by atoms with E-state index < -0.39 is 39.0 Å². The van der Waals surface area contributed by atoms with Gasteiger partial charge in [0.05, 0.1) is 12.7 Å². The quantitative estimate of drug-likeness (QED) is 0.357. The van der Waals surface area contributed by atoms with Crippen LogP contribution in [0, 0.1) is 0 Å². The van der Waals surface area contributed by atoms with Gasteiger partial charge in [-0.05, 0) is 0 Å². The number of ether oxygens (including phenoxy) is 1. The summed E-state index contributed by atoms with van der Waals surface area (Å²) in [4.78, 5) is 16.8. The zero-order valence-electron chi connectivity index (χ0n) is 7.63. The van der Waals surface area contributed by atoms with Crippen LogP contribution in [0.5, 0.6) is 0 Å². The summed E-state index contributed by atoms with van der Waals surface area (Å²) in [5.41, 5.74) is 0. The molecule has 0 saturated carbocycles. The third-order valence-electron chi connectivity index (χ3n) is 1.96. The minimum Gasteiger partial charge on any atom is -0.390 e. The maximum absolute atomic E-state index is 10.4. The van der Waals surface area contributed by atoms with Crippen molar-refractivity contribution in [2.45, 2.75) is 31.0 Å². The van der Waals surface area contributed by atoms with Gasteiger partial charge in [0.2, 0.25) is 0 Å². The summed E-state index contributed by atoms with van der Waals surface area (Å²) < 4.78 is 19.2. The van der Waals surface area contributed by atoms with Crippen molar-refractivity contribution in [1.82, 2.24) is 0 Å². The van der Waals surface area contributed by atoms with Crippen LogP contribution in [0.1, 0.15) is 6.42 Å². The third-order valence-corrected chi connectivity index (χ3v) is 2.44. The van der Waals surface area contributed by atoms with E-state index in [0.29, 0.717) is 0 Å². The lowest BCUT2D eigenvalue weighted by Gasteiger charge is -2.34. The molecule has 0 spiro atoms. The first-order chi connectivity index (χ1) is 6.79. The molecule has 0 aromatic rings. The molecule has 1 aliphatic heterocycles. The van der Waals surface area contributed by atoms with Gasteiger partial charge in [-0.15, -0.1) is 0 Å². The molecule has 1 aliphatic rings. The standard InChI is InChI=1S/C6H13O8P/c7-3-1-5(8)14-4(6(3)9)2-13-15(10,11)12/h3-9H,1-2H2,(H2,10,11,12)/t3-,4+,5-,6-/m0/s1. The first kappa shape index (κ1) is 13.0. The highest BCUT2D eigenvalue weighted by Crippen LogP contribution is 2.36. The van der Waals surface area contributed by atoms with Crippen molar-refractivity contribution < 1.29 is 38.9 Å². The average molecular weight is 244 g/mol. The van der Waals surface area contributed by atoms with Crippen LogP contribution in [-0.2, 0) is 13.8 Å². The molecule has 0 radical (unpaired) electrons. The topological polar surface area (TPSA) is 137 Å². The maximum atomic E-state index is 10.4. The van der Waals surface area contributed by atoms with Gasteiger partial charge in [0.1, 0.15) is 12.2 Å². The highest BCUT2D eigenvalue weighted by molar-refractivity contribution is 7.46. The lowest BCUT2D eigenvalue weighted by molar-refractivity contribution is -0.238. The molecule has 1 heterocycles. The fourth-order valence-electron chi connectivity index (χ4n) is 1.24. The van der Waals surface area contributed by atoms with Gasteiger partial charge in [-0.2, -0.15) is 0 Å². The summed E-state index contributed by atoms with van der Waals surface area (Å²) in [5.74, 6) is 0. The Morgan fingerprint density at radius 3 is 2.47 bits per heavy atom. The average Bonchev–Trinajstić information content (AvgIpc) is 2.07. The fourth-order valence-corrected chi connectivity index (χ4v) is 1.58. The number of aliphatic hydroxyl groups excluding tert-OH is 3. The van der Waals surface area contributed by atoms with E-state index >= 15 is 0 Å². The highest BCUT2D eigenvalue weighted by Gasteiger charge is 2.37. The van der Waals surface area contributed by atoms with Gasteiger partial charge in [-0.1, -0.05) is 0 Å². The van der Waals surface area contributed by atoms with Gasteiger partial charge >= 0.3 is 7.82 Å².